The largest absolute Gasteiger partial charge is 0.480 e. The Morgan fingerprint density at radius 1 is 1.19 bits per heavy atom. The Morgan fingerprint density at radius 2 is 1.90 bits per heavy atom. The van der Waals surface area contributed by atoms with Crippen LogP contribution >= 0.6 is 23.1 Å². The topological polar surface area (TPSA) is 66.4 Å². The number of carbonyl (C=O) groups is 2. The zero-order valence-electron chi connectivity index (χ0n) is 11.3. The van der Waals surface area contributed by atoms with Gasteiger partial charge in [-0.1, -0.05) is 18.2 Å². The SMILES string of the molecule is O=C(NC1(C(=O)O)CCSCC1)c1cc2ccccc2s1. The minimum atomic E-state index is -1.11. The molecule has 1 aromatic carbocycles. The maximum Gasteiger partial charge on any atom is 0.329 e. The van der Waals surface area contributed by atoms with Crippen LogP contribution in [0.3, 0.4) is 0 Å². The molecule has 2 heterocycles. The number of amides is 1. The van der Waals surface area contributed by atoms with E-state index in [9.17, 15) is 14.7 Å². The average Bonchev–Trinajstić information content (AvgIpc) is 2.92. The van der Waals surface area contributed by atoms with Gasteiger partial charge in [0.15, 0.2) is 0 Å². The van der Waals surface area contributed by atoms with Gasteiger partial charge in [0, 0.05) is 4.70 Å². The number of fused-ring (bicyclic) bond motifs is 1. The van der Waals surface area contributed by atoms with E-state index in [1.165, 1.54) is 11.3 Å². The highest BCUT2D eigenvalue weighted by Crippen LogP contribution is 2.30. The lowest BCUT2D eigenvalue weighted by Gasteiger charge is -2.33. The van der Waals surface area contributed by atoms with Gasteiger partial charge in [-0.2, -0.15) is 11.8 Å². The summed E-state index contributed by atoms with van der Waals surface area (Å²) in [5.74, 6) is 0.306. The number of carboxylic acids is 1. The normalized spacial score (nSPS) is 17.5. The van der Waals surface area contributed by atoms with Gasteiger partial charge < -0.3 is 10.4 Å². The van der Waals surface area contributed by atoms with E-state index in [1.54, 1.807) is 11.8 Å². The summed E-state index contributed by atoms with van der Waals surface area (Å²) in [6.07, 6.45) is 0.952. The summed E-state index contributed by atoms with van der Waals surface area (Å²) in [6, 6.07) is 9.59. The van der Waals surface area contributed by atoms with E-state index in [1.807, 2.05) is 30.3 Å². The van der Waals surface area contributed by atoms with Crippen molar-refractivity contribution in [2.24, 2.45) is 0 Å². The van der Waals surface area contributed by atoms with Gasteiger partial charge in [-0.15, -0.1) is 11.3 Å². The first-order valence-corrected chi connectivity index (χ1v) is 8.70. The van der Waals surface area contributed by atoms with Crippen LogP contribution in [-0.2, 0) is 4.79 Å². The molecule has 1 aromatic heterocycles. The molecule has 2 N–H and O–H groups in total. The van der Waals surface area contributed by atoms with Crippen molar-refractivity contribution in [1.29, 1.82) is 0 Å². The minimum Gasteiger partial charge on any atom is -0.480 e. The predicted molar refractivity (Wildman–Crippen MR) is 86.2 cm³/mol. The second-order valence-electron chi connectivity index (χ2n) is 5.10. The van der Waals surface area contributed by atoms with Crippen LogP contribution in [0.15, 0.2) is 30.3 Å². The lowest BCUT2D eigenvalue weighted by atomic mass is 9.92. The van der Waals surface area contributed by atoms with Crippen LogP contribution in [-0.4, -0.2) is 34.0 Å². The number of hydrogen-bond donors (Lipinski definition) is 2. The van der Waals surface area contributed by atoms with Crippen LogP contribution in [0.25, 0.3) is 10.1 Å². The number of hydrogen-bond acceptors (Lipinski definition) is 4. The number of carboxylic acid groups (broad SMARTS) is 1. The zero-order chi connectivity index (χ0) is 14.9. The predicted octanol–water partition coefficient (Wildman–Crippen LogP) is 2.98. The second-order valence-corrected chi connectivity index (χ2v) is 7.41. The molecule has 0 saturated carbocycles. The summed E-state index contributed by atoms with van der Waals surface area (Å²) in [4.78, 5) is 24.6. The molecule has 0 aliphatic carbocycles. The van der Waals surface area contributed by atoms with Gasteiger partial charge in [0.1, 0.15) is 5.54 Å². The van der Waals surface area contributed by atoms with Gasteiger partial charge in [0.2, 0.25) is 0 Å². The Morgan fingerprint density at radius 3 is 2.57 bits per heavy atom. The second kappa shape index (κ2) is 5.69. The molecule has 21 heavy (non-hydrogen) atoms. The number of nitrogens with one attached hydrogen (secondary N) is 1. The molecule has 2 aromatic rings. The average molecular weight is 321 g/mol. The summed E-state index contributed by atoms with van der Waals surface area (Å²) in [7, 11) is 0. The molecule has 0 unspecified atom stereocenters. The fourth-order valence-electron chi connectivity index (χ4n) is 2.48. The van der Waals surface area contributed by atoms with Crippen molar-refractivity contribution in [3.05, 3.63) is 35.2 Å². The van der Waals surface area contributed by atoms with Crippen molar-refractivity contribution in [2.75, 3.05) is 11.5 Å². The molecule has 1 aliphatic heterocycles. The van der Waals surface area contributed by atoms with Gasteiger partial charge >= 0.3 is 5.97 Å². The number of carbonyl (C=O) groups excluding carboxylic acids is 1. The van der Waals surface area contributed by atoms with E-state index < -0.39 is 11.5 Å². The Bertz CT molecular complexity index is 656. The number of thioether (sulfide) groups is 1. The third-order valence-electron chi connectivity index (χ3n) is 3.76. The van der Waals surface area contributed by atoms with Crippen LogP contribution in [0, 0.1) is 0 Å². The van der Waals surface area contributed by atoms with Crippen molar-refractivity contribution in [3.8, 4) is 0 Å². The van der Waals surface area contributed by atoms with Gasteiger partial charge in [-0.05, 0) is 41.9 Å². The summed E-state index contributed by atoms with van der Waals surface area (Å²) >= 11 is 3.12. The molecule has 4 nitrogen and oxygen atoms in total. The highest BCUT2D eigenvalue weighted by atomic mass is 32.2. The first-order valence-electron chi connectivity index (χ1n) is 6.73. The Hall–Kier alpha value is -1.53. The molecule has 0 bridgehead atoms. The van der Waals surface area contributed by atoms with Gasteiger partial charge in [-0.3, -0.25) is 4.79 Å². The molecular weight excluding hydrogens is 306 g/mol. The summed E-state index contributed by atoms with van der Waals surface area (Å²) < 4.78 is 1.03. The van der Waals surface area contributed by atoms with Crippen molar-refractivity contribution in [2.45, 2.75) is 18.4 Å². The molecule has 110 valence electrons. The van der Waals surface area contributed by atoms with Crippen molar-refractivity contribution in [1.82, 2.24) is 5.32 Å². The van der Waals surface area contributed by atoms with Crippen molar-refractivity contribution >= 4 is 45.1 Å². The van der Waals surface area contributed by atoms with Gasteiger partial charge in [0.25, 0.3) is 5.91 Å². The molecule has 0 radical (unpaired) electrons. The molecule has 6 heteroatoms. The fraction of sp³-hybridized carbons (Fsp3) is 0.333. The summed E-state index contributed by atoms with van der Waals surface area (Å²) in [5.41, 5.74) is -1.11. The van der Waals surface area contributed by atoms with Crippen LogP contribution in [0.1, 0.15) is 22.5 Å². The minimum absolute atomic E-state index is 0.287. The molecule has 3 rings (SSSR count). The van der Waals surface area contributed by atoms with E-state index in [0.717, 1.165) is 21.6 Å². The molecule has 1 aliphatic rings. The Balaban J connectivity index is 1.85. The van der Waals surface area contributed by atoms with E-state index in [2.05, 4.69) is 5.32 Å². The van der Waals surface area contributed by atoms with Crippen LogP contribution in [0.5, 0.6) is 0 Å². The highest BCUT2D eigenvalue weighted by Gasteiger charge is 2.41. The van der Waals surface area contributed by atoms with Crippen molar-refractivity contribution < 1.29 is 14.7 Å². The van der Waals surface area contributed by atoms with E-state index >= 15 is 0 Å². The van der Waals surface area contributed by atoms with Crippen LogP contribution in [0.4, 0.5) is 0 Å². The summed E-state index contributed by atoms with van der Waals surface area (Å²) in [5, 5.41) is 13.3. The number of aliphatic carboxylic acids is 1. The Labute approximate surface area is 130 Å². The molecule has 1 saturated heterocycles. The van der Waals surface area contributed by atoms with Crippen LogP contribution in [0.2, 0.25) is 0 Å². The van der Waals surface area contributed by atoms with E-state index in [0.29, 0.717) is 17.7 Å². The molecule has 1 amide bonds. The van der Waals surface area contributed by atoms with E-state index in [4.69, 9.17) is 0 Å². The van der Waals surface area contributed by atoms with Gasteiger partial charge in [0.05, 0.1) is 4.88 Å². The summed E-state index contributed by atoms with van der Waals surface area (Å²) in [6.45, 7) is 0. The Kier molecular flexibility index (Phi) is 3.91. The first-order chi connectivity index (χ1) is 10.1. The molecule has 0 spiro atoms. The monoisotopic (exact) mass is 321 g/mol. The molecular formula is C15H15NO3S2. The third kappa shape index (κ3) is 2.78. The molecule has 1 fully saturated rings. The number of rotatable bonds is 3. The van der Waals surface area contributed by atoms with Gasteiger partial charge in [-0.25, -0.2) is 4.79 Å². The lowest BCUT2D eigenvalue weighted by molar-refractivity contribution is -0.144. The number of benzene rings is 1. The lowest BCUT2D eigenvalue weighted by Crippen LogP contribution is -2.56. The van der Waals surface area contributed by atoms with Crippen molar-refractivity contribution in [3.63, 3.8) is 0 Å². The van der Waals surface area contributed by atoms with E-state index in [-0.39, 0.29) is 5.91 Å². The molecule has 0 atom stereocenters. The highest BCUT2D eigenvalue weighted by molar-refractivity contribution is 7.99. The smallest absolute Gasteiger partial charge is 0.329 e. The maximum atomic E-state index is 12.4. The zero-order valence-corrected chi connectivity index (χ0v) is 12.9. The van der Waals surface area contributed by atoms with Crippen LogP contribution < -0.4 is 5.32 Å². The number of thiophene rings is 1. The maximum absolute atomic E-state index is 12.4. The first kappa shape index (κ1) is 14.4. The standard InChI is InChI=1S/C15H15NO3S2/c17-13(12-9-10-3-1-2-4-11(10)21-12)16-15(14(18)19)5-7-20-8-6-15/h1-4,9H,5-8H2,(H,16,17)(H,18,19). The fourth-order valence-corrected chi connectivity index (χ4v) is 4.63. The third-order valence-corrected chi connectivity index (χ3v) is 5.86. The quantitative estimate of drug-likeness (QED) is 0.912.